The molecule has 0 aliphatic rings. The lowest BCUT2D eigenvalue weighted by molar-refractivity contribution is -0.122. The Morgan fingerprint density at radius 3 is 2.41 bits per heavy atom. The first kappa shape index (κ1) is 20.8. The van der Waals surface area contributed by atoms with Crippen molar-refractivity contribution in [2.24, 2.45) is 0 Å². The molecule has 2 aromatic rings. The maximum atomic E-state index is 12.5. The third-order valence-corrected chi connectivity index (χ3v) is 4.15. The minimum Gasteiger partial charge on any atom is -0.481 e. The number of hydrogen-bond acceptors (Lipinski definition) is 3. The Balaban J connectivity index is 2.10. The van der Waals surface area contributed by atoms with Crippen LogP contribution >= 0.6 is 11.6 Å². The quantitative estimate of drug-likeness (QED) is 0.787. The van der Waals surface area contributed by atoms with Gasteiger partial charge in [-0.1, -0.05) is 23.7 Å². The fourth-order valence-electron chi connectivity index (χ4n) is 2.38. The Bertz CT molecular complexity index is 844. The molecule has 0 fully saturated rings. The van der Waals surface area contributed by atoms with E-state index in [2.05, 4.69) is 10.6 Å². The Labute approximate surface area is 165 Å². The Morgan fingerprint density at radius 1 is 1.11 bits per heavy atom. The largest absolute Gasteiger partial charge is 0.481 e. The second-order valence-corrected chi connectivity index (χ2v) is 7.82. The van der Waals surface area contributed by atoms with Crippen LogP contribution in [0.5, 0.6) is 5.75 Å². The molecule has 2 amide bonds. The van der Waals surface area contributed by atoms with E-state index in [0.29, 0.717) is 22.0 Å². The molecule has 0 aliphatic heterocycles. The van der Waals surface area contributed by atoms with Gasteiger partial charge in [0.2, 0.25) is 0 Å². The van der Waals surface area contributed by atoms with E-state index < -0.39 is 6.10 Å². The molecular weight excluding hydrogens is 364 g/mol. The molecule has 0 saturated carbocycles. The van der Waals surface area contributed by atoms with Crippen LogP contribution < -0.4 is 15.4 Å². The predicted molar refractivity (Wildman–Crippen MR) is 109 cm³/mol. The van der Waals surface area contributed by atoms with Crippen LogP contribution in [0.15, 0.2) is 42.5 Å². The van der Waals surface area contributed by atoms with Crippen LogP contribution in [-0.2, 0) is 4.79 Å². The van der Waals surface area contributed by atoms with Gasteiger partial charge in [0.15, 0.2) is 6.10 Å². The monoisotopic (exact) mass is 388 g/mol. The summed E-state index contributed by atoms with van der Waals surface area (Å²) in [6, 6.07) is 12.1. The predicted octanol–water partition coefficient (Wildman–Crippen LogP) is 4.58. The third kappa shape index (κ3) is 6.00. The maximum Gasteiger partial charge on any atom is 0.265 e. The summed E-state index contributed by atoms with van der Waals surface area (Å²) in [4.78, 5) is 25.0. The van der Waals surface area contributed by atoms with E-state index in [4.69, 9.17) is 16.3 Å². The molecule has 2 rings (SSSR count). The minimum absolute atomic E-state index is 0.250. The minimum atomic E-state index is -0.746. The van der Waals surface area contributed by atoms with Crippen LogP contribution in [-0.4, -0.2) is 23.5 Å². The van der Waals surface area contributed by atoms with E-state index in [1.165, 1.54) is 0 Å². The first-order valence-corrected chi connectivity index (χ1v) is 9.10. The Morgan fingerprint density at radius 2 is 1.78 bits per heavy atom. The van der Waals surface area contributed by atoms with Gasteiger partial charge in [-0.3, -0.25) is 9.59 Å². The summed E-state index contributed by atoms with van der Waals surface area (Å²) in [6.07, 6.45) is -0.746. The zero-order chi connectivity index (χ0) is 20.2. The van der Waals surface area contributed by atoms with E-state index >= 15 is 0 Å². The van der Waals surface area contributed by atoms with Crippen molar-refractivity contribution in [1.82, 2.24) is 5.32 Å². The Kier molecular flexibility index (Phi) is 6.50. The average Bonchev–Trinajstić information content (AvgIpc) is 2.57. The van der Waals surface area contributed by atoms with Crippen LogP contribution in [0.3, 0.4) is 0 Å². The lowest BCUT2D eigenvalue weighted by Crippen LogP contribution is -2.41. The van der Waals surface area contributed by atoms with Crippen LogP contribution in [0.2, 0.25) is 5.02 Å². The number of amides is 2. The number of anilines is 1. The summed E-state index contributed by atoms with van der Waals surface area (Å²) < 4.78 is 5.69. The second-order valence-electron chi connectivity index (χ2n) is 7.41. The topological polar surface area (TPSA) is 67.4 Å². The van der Waals surface area contributed by atoms with Crippen LogP contribution in [0, 0.1) is 6.92 Å². The van der Waals surface area contributed by atoms with Gasteiger partial charge in [0, 0.05) is 10.6 Å². The highest BCUT2D eigenvalue weighted by molar-refractivity contribution is 6.31. The van der Waals surface area contributed by atoms with Crippen LogP contribution in [0.4, 0.5) is 5.69 Å². The number of ether oxygens (including phenoxy) is 1. The molecule has 0 bridgehead atoms. The molecular formula is C21H25ClN2O3. The lowest BCUT2D eigenvalue weighted by atomic mass is 10.1. The van der Waals surface area contributed by atoms with Crippen molar-refractivity contribution in [2.75, 3.05) is 5.32 Å². The van der Waals surface area contributed by atoms with Gasteiger partial charge >= 0.3 is 0 Å². The Hall–Kier alpha value is -2.53. The fraction of sp³-hybridized carbons (Fsp3) is 0.333. The summed E-state index contributed by atoms with van der Waals surface area (Å²) in [5, 5.41) is 6.31. The third-order valence-electron chi connectivity index (χ3n) is 3.73. The van der Waals surface area contributed by atoms with Crippen molar-refractivity contribution >= 4 is 29.1 Å². The molecule has 0 spiro atoms. The van der Waals surface area contributed by atoms with Gasteiger partial charge in [-0.2, -0.15) is 0 Å². The lowest BCUT2D eigenvalue weighted by Gasteiger charge is -2.22. The number of rotatable bonds is 5. The number of carbonyl (C=O) groups excluding carboxylic acids is 2. The van der Waals surface area contributed by atoms with Crippen molar-refractivity contribution in [2.45, 2.75) is 46.3 Å². The number of halogens is 1. The van der Waals surface area contributed by atoms with Gasteiger partial charge in [0.1, 0.15) is 5.75 Å². The standard InChI is InChI=1S/C21H25ClN2O3/c1-13-12-15(10-11-17(13)22)27-14(2)19(25)23-18-9-7-6-8-16(18)20(26)24-21(3,4)5/h6-12,14H,1-5H3,(H,23,25)(H,24,26). The SMILES string of the molecule is Cc1cc(OC(C)C(=O)Nc2ccccc2C(=O)NC(C)(C)C)ccc1Cl. The van der Waals surface area contributed by atoms with E-state index in [9.17, 15) is 9.59 Å². The van der Waals surface area contributed by atoms with E-state index in [1.54, 1.807) is 49.4 Å². The van der Waals surface area contributed by atoms with Crippen LogP contribution in [0.25, 0.3) is 0 Å². The second kappa shape index (κ2) is 8.44. The van der Waals surface area contributed by atoms with Crippen molar-refractivity contribution in [3.63, 3.8) is 0 Å². The molecule has 1 unspecified atom stereocenters. The van der Waals surface area contributed by atoms with E-state index in [1.807, 2.05) is 27.7 Å². The fourth-order valence-corrected chi connectivity index (χ4v) is 2.50. The maximum absolute atomic E-state index is 12.5. The zero-order valence-electron chi connectivity index (χ0n) is 16.2. The number of hydrogen-bond donors (Lipinski definition) is 2. The molecule has 27 heavy (non-hydrogen) atoms. The average molecular weight is 389 g/mol. The molecule has 0 saturated heterocycles. The number of nitrogens with one attached hydrogen (secondary N) is 2. The molecule has 0 radical (unpaired) electrons. The van der Waals surface area contributed by atoms with Gasteiger partial charge in [0.25, 0.3) is 11.8 Å². The van der Waals surface area contributed by atoms with Crippen molar-refractivity contribution < 1.29 is 14.3 Å². The van der Waals surface area contributed by atoms with E-state index in [-0.39, 0.29) is 17.4 Å². The number of benzene rings is 2. The zero-order valence-corrected chi connectivity index (χ0v) is 17.0. The number of aryl methyl sites for hydroxylation is 1. The smallest absolute Gasteiger partial charge is 0.265 e. The highest BCUT2D eigenvalue weighted by Gasteiger charge is 2.21. The molecule has 0 aromatic heterocycles. The number of para-hydroxylation sites is 1. The number of carbonyl (C=O) groups is 2. The summed E-state index contributed by atoms with van der Waals surface area (Å²) in [5.41, 5.74) is 1.32. The molecule has 2 N–H and O–H groups in total. The summed E-state index contributed by atoms with van der Waals surface area (Å²) in [7, 11) is 0. The van der Waals surface area contributed by atoms with E-state index in [0.717, 1.165) is 5.56 Å². The summed E-state index contributed by atoms with van der Waals surface area (Å²) >= 11 is 6.01. The van der Waals surface area contributed by atoms with Gasteiger partial charge in [0.05, 0.1) is 11.3 Å². The summed E-state index contributed by atoms with van der Waals surface area (Å²) in [6.45, 7) is 9.21. The molecule has 5 nitrogen and oxygen atoms in total. The molecule has 0 heterocycles. The van der Waals surface area contributed by atoms with Crippen molar-refractivity contribution in [1.29, 1.82) is 0 Å². The molecule has 2 aromatic carbocycles. The highest BCUT2D eigenvalue weighted by Crippen LogP contribution is 2.22. The molecule has 0 aliphatic carbocycles. The van der Waals surface area contributed by atoms with Gasteiger partial charge in [-0.15, -0.1) is 0 Å². The highest BCUT2D eigenvalue weighted by atomic mass is 35.5. The molecule has 6 heteroatoms. The van der Waals surface area contributed by atoms with Crippen molar-refractivity contribution in [3.05, 3.63) is 58.6 Å². The molecule has 144 valence electrons. The molecule has 1 atom stereocenters. The van der Waals surface area contributed by atoms with Gasteiger partial charge < -0.3 is 15.4 Å². The first-order chi connectivity index (χ1) is 12.6. The normalized spacial score (nSPS) is 12.2. The van der Waals surface area contributed by atoms with Crippen LogP contribution in [0.1, 0.15) is 43.6 Å². The first-order valence-electron chi connectivity index (χ1n) is 8.72. The summed E-state index contributed by atoms with van der Waals surface area (Å²) in [5.74, 6) is -0.0442. The van der Waals surface area contributed by atoms with Gasteiger partial charge in [-0.25, -0.2) is 0 Å². The van der Waals surface area contributed by atoms with Crippen molar-refractivity contribution in [3.8, 4) is 5.75 Å². The van der Waals surface area contributed by atoms with Gasteiger partial charge in [-0.05, 0) is 70.5 Å².